The molecule has 0 aliphatic heterocycles. The van der Waals surface area contributed by atoms with Crippen molar-refractivity contribution >= 4 is 40.6 Å². The SMILES string of the molecule is C=Cc1ccc(Cc2ccccc2C(O)=S)cc1.OC(=S)c1ccccc1. The molecule has 0 spiro atoms. The Morgan fingerprint density at radius 1 is 0.778 bits per heavy atom. The van der Waals surface area contributed by atoms with E-state index in [4.69, 9.17) is 17.3 Å². The Labute approximate surface area is 170 Å². The quantitative estimate of drug-likeness (QED) is 0.517. The average Bonchev–Trinajstić information content (AvgIpc) is 2.70. The molecule has 0 atom stereocenters. The van der Waals surface area contributed by atoms with E-state index in [0.717, 1.165) is 23.1 Å². The van der Waals surface area contributed by atoms with Crippen LogP contribution in [-0.2, 0) is 6.42 Å². The molecule has 0 aliphatic rings. The predicted octanol–water partition coefficient (Wildman–Crippen LogP) is 6.07. The fourth-order valence-corrected chi connectivity index (χ4v) is 2.79. The normalized spacial score (nSPS) is 9.63. The monoisotopic (exact) mass is 392 g/mol. The molecule has 0 saturated carbocycles. The summed E-state index contributed by atoms with van der Waals surface area (Å²) in [6.07, 6.45) is 2.58. The third-order valence-electron chi connectivity index (χ3n) is 3.88. The lowest BCUT2D eigenvalue weighted by molar-refractivity contribution is 0.570. The second kappa shape index (κ2) is 10.4. The number of aliphatic hydroxyl groups excluding tert-OH is 2. The molecule has 3 aromatic carbocycles. The molecule has 2 nitrogen and oxygen atoms in total. The molecule has 27 heavy (non-hydrogen) atoms. The van der Waals surface area contributed by atoms with Crippen molar-refractivity contribution in [3.8, 4) is 0 Å². The number of rotatable bonds is 5. The van der Waals surface area contributed by atoms with Gasteiger partial charge in [0.05, 0.1) is 0 Å². The summed E-state index contributed by atoms with van der Waals surface area (Å²) in [6, 6.07) is 24.9. The number of thiocarbonyl (C=S) groups is 2. The minimum atomic E-state index is -0.0479. The van der Waals surface area contributed by atoms with Gasteiger partial charge in [-0.25, -0.2) is 0 Å². The predicted molar refractivity (Wildman–Crippen MR) is 121 cm³/mol. The van der Waals surface area contributed by atoms with Gasteiger partial charge in [0.15, 0.2) is 10.1 Å². The Morgan fingerprint density at radius 3 is 1.89 bits per heavy atom. The molecular weight excluding hydrogens is 372 g/mol. The highest BCUT2D eigenvalue weighted by Crippen LogP contribution is 2.16. The van der Waals surface area contributed by atoms with E-state index in [2.05, 4.69) is 30.9 Å². The van der Waals surface area contributed by atoms with Gasteiger partial charge in [0.2, 0.25) is 0 Å². The summed E-state index contributed by atoms with van der Waals surface area (Å²) in [5, 5.41) is 18.1. The Hall–Kier alpha value is -2.82. The molecule has 3 rings (SSSR count). The van der Waals surface area contributed by atoms with Gasteiger partial charge in [-0.15, -0.1) is 0 Å². The minimum Gasteiger partial charge on any atom is -0.499 e. The van der Waals surface area contributed by atoms with Crippen molar-refractivity contribution in [3.05, 3.63) is 113 Å². The Kier molecular flexibility index (Phi) is 7.86. The fourth-order valence-electron chi connectivity index (χ4n) is 2.46. The molecule has 0 fully saturated rings. The van der Waals surface area contributed by atoms with Crippen molar-refractivity contribution in [1.29, 1.82) is 0 Å². The van der Waals surface area contributed by atoms with Crippen molar-refractivity contribution in [1.82, 2.24) is 0 Å². The summed E-state index contributed by atoms with van der Waals surface area (Å²) in [7, 11) is 0. The van der Waals surface area contributed by atoms with Crippen LogP contribution in [0.1, 0.15) is 27.8 Å². The summed E-state index contributed by atoms with van der Waals surface area (Å²) in [5.74, 6) is 0. The Bertz CT molecular complexity index is 917. The van der Waals surface area contributed by atoms with Crippen LogP contribution in [-0.4, -0.2) is 20.3 Å². The van der Waals surface area contributed by atoms with Crippen molar-refractivity contribution < 1.29 is 10.2 Å². The number of hydrogen-bond acceptors (Lipinski definition) is 2. The van der Waals surface area contributed by atoms with Crippen LogP contribution in [0.15, 0.2) is 85.4 Å². The largest absolute Gasteiger partial charge is 0.499 e. The lowest BCUT2D eigenvalue weighted by Crippen LogP contribution is -2.01. The zero-order valence-electron chi connectivity index (χ0n) is 14.7. The van der Waals surface area contributed by atoms with Crippen LogP contribution < -0.4 is 0 Å². The molecule has 0 saturated heterocycles. The van der Waals surface area contributed by atoms with E-state index in [1.807, 2.05) is 60.7 Å². The molecule has 0 aromatic heterocycles. The zero-order chi connectivity index (χ0) is 19.6. The molecule has 136 valence electrons. The molecule has 0 heterocycles. The van der Waals surface area contributed by atoms with Gasteiger partial charge in [-0.3, -0.25) is 0 Å². The first-order chi connectivity index (χ1) is 13.0. The van der Waals surface area contributed by atoms with E-state index >= 15 is 0 Å². The number of hydrogen-bond donors (Lipinski definition) is 2. The maximum Gasteiger partial charge on any atom is 0.188 e. The molecule has 2 N–H and O–H groups in total. The van der Waals surface area contributed by atoms with Crippen molar-refractivity contribution in [2.45, 2.75) is 6.42 Å². The first-order valence-electron chi connectivity index (χ1n) is 8.32. The van der Waals surface area contributed by atoms with Gasteiger partial charge in [-0.05, 0) is 47.5 Å². The number of aliphatic hydroxyl groups is 2. The highest BCUT2D eigenvalue weighted by Gasteiger charge is 2.06. The van der Waals surface area contributed by atoms with Crippen molar-refractivity contribution in [2.75, 3.05) is 0 Å². The summed E-state index contributed by atoms with van der Waals surface area (Å²) < 4.78 is 0. The fraction of sp³-hybridized carbons (Fsp3) is 0.0435. The van der Waals surface area contributed by atoms with E-state index < -0.39 is 0 Å². The molecular formula is C23H20O2S2. The van der Waals surface area contributed by atoms with E-state index in [1.165, 1.54) is 5.56 Å². The highest BCUT2D eigenvalue weighted by atomic mass is 32.1. The second-order valence-corrected chi connectivity index (χ2v) is 6.53. The maximum absolute atomic E-state index is 9.48. The summed E-state index contributed by atoms with van der Waals surface area (Å²) in [4.78, 5) is 0. The summed E-state index contributed by atoms with van der Waals surface area (Å²) in [5.41, 5.74) is 4.76. The standard InChI is InChI=1S/C16H14OS.C7H6OS/c1-2-12-7-9-13(10-8-12)11-14-5-3-4-6-15(14)16(17)18;8-7(9)6-4-2-1-3-5-6/h2-10H,1,11H2,(H,17,18);1-5H,(H,8,9). The van der Waals surface area contributed by atoms with Gasteiger partial charge in [-0.2, -0.15) is 0 Å². The van der Waals surface area contributed by atoms with Gasteiger partial charge in [0, 0.05) is 11.1 Å². The van der Waals surface area contributed by atoms with Crippen molar-refractivity contribution in [2.24, 2.45) is 0 Å². The Balaban J connectivity index is 0.000000244. The zero-order valence-corrected chi connectivity index (χ0v) is 16.3. The highest BCUT2D eigenvalue weighted by molar-refractivity contribution is 7.80. The molecule has 0 unspecified atom stereocenters. The lowest BCUT2D eigenvalue weighted by Gasteiger charge is -2.07. The molecule has 3 aromatic rings. The first kappa shape index (κ1) is 20.5. The molecule has 0 bridgehead atoms. The van der Waals surface area contributed by atoms with E-state index in [-0.39, 0.29) is 10.1 Å². The molecule has 0 aliphatic carbocycles. The maximum atomic E-state index is 9.48. The second-order valence-electron chi connectivity index (χ2n) is 5.76. The third kappa shape index (κ3) is 6.44. The van der Waals surface area contributed by atoms with Gasteiger partial charge in [0.1, 0.15) is 0 Å². The van der Waals surface area contributed by atoms with Crippen LogP contribution in [0.2, 0.25) is 0 Å². The van der Waals surface area contributed by atoms with Gasteiger partial charge < -0.3 is 10.2 Å². The smallest absolute Gasteiger partial charge is 0.188 e. The first-order valence-corrected chi connectivity index (χ1v) is 9.14. The summed E-state index contributed by atoms with van der Waals surface area (Å²) >= 11 is 9.37. The third-order valence-corrected chi connectivity index (χ3v) is 4.33. The van der Waals surface area contributed by atoms with E-state index in [9.17, 15) is 5.11 Å². The van der Waals surface area contributed by atoms with Crippen LogP contribution in [0.5, 0.6) is 0 Å². The van der Waals surface area contributed by atoms with Crippen LogP contribution >= 0.6 is 24.4 Å². The van der Waals surface area contributed by atoms with Gasteiger partial charge >= 0.3 is 0 Å². The van der Waals surface area contributed by atoms with E-state index in [0.29, 0.717) is 5.56 Å². The van der Waals surface area contributed by atoms with Gasteiger partial charge in [0.25, 0.3) is 0 Å². The van der Waals surface area contributed by atoms with Crippen LogP contribution in [0, 0.1) is 0 Å². The average molecular weight is 393 g/mol. The van der Waals surface area contributed by atoms with E-state index in [1.54, 1.807) is 12.1 Å². The molecule has 0 radical (unpaired) electrons. The van der Waals surface area contributed by atoms with Crippen LogP contribution in [0.25, 0.3) is 6.08 Å². The summed E-state index contributed by atoms with van der Waals surface area (Å²) in [6.45, 7) is 3.73. The molecule has 0 amide bonds. The van der Waals surface area contributed by atoms with Crippen LogP contribution in [0.4, 0.5) is 0 Å². The Morgan fingerprint density at radius 2 is 1.37 bits per heavy atom. The topological polar surface area (TPSA) is 40.5 Å². The van der Waals surface area contributed by atoms with Crippen LogP contribution in [0.3, 0.4) is 0 Å². The number of benzene rings is 3. The molecule has 4 heteroatoms. The lowest BCUT2D eigenvalue weighted by atomic mass is 9.99. The van der Waals surface area contributed by atoms with Gasteiger partial charge in [-0.1, -0.05) is 91.5 Å². The van der Waals surface area contributed by atoms with Crippen molar-refractivity contribution in [3.63, 3.8) is 0 Å². The minimum absolute atomic E-state index is 0.0457.